The molecular weight excluding hydrogens is 533 g/mol. The fourth-order valence-corrected chi connectivity index (χ4v) is 6.04. The number of anilines is 3. The van der Waals surface area contributed by atoms with Gasteiger partial charge in [0.2, 0.25) is 5.91 Å². The Morgan fingerprint density at radius 3 is 2.57 bits per heavy atom. The van der Waals surface area contributed by atoms with Crippen molar-refractivity contribution < 1.29 is 18.8 Å². The van der Waals surface area contributed by atoms with E-state index in [0.29, 0.717) is 17.7 Å². The Kier molecular flexibility index (Phi) is 6.97. The molecule has 9 heteroatoms. The highest BCUT2D eigenvalue weighted by molar-refractivity contribution is 6.14. The molecule has 6 rings (SSSR count). The van der Waals surface area contributed by atoms with E-state index in [1.807, 2.05) is 36.4 Å². The molecule has 0 spiro atoms. The Morgan fingerprint density at radius 1 is 1.00 bits per heavy atom. The zero-order valence-electron chi connectivity index (χ0n) is 22.5. The summed E-state index contributed by atoms with van der Waals surface area (Å²) in [6, 6.07) is 25.9. The summed E-state index contributed by atoms with van der Waals surface area (Å²) in [7, 11) is 0. The summed E-state index contributed by atoms with van der Waals surface area (Å²) in [5.41, 5.74) is 1.02. The number of nitriles is 1. The van der Waals surface area contributed by atoms with Gasteiger partial charge in [-0.2, -0.15) is 5.26 Å². The second-order valence-electron chi connectivity index (χ2n) is 10.3. The smallest absolute Gasteiger partial charge is 0.255 e. The van der Waals surface area contributed by atoms with E-state index in [1.165, 1.54) is 46.3 Å². The van der Waals surface area contributed by atoms with Crippen LogP contribution in [0.25, 0.3) is 0 Å². The minimum atomic E-state index is -1.55. The van der Waals surface area contributed by atoms with Gasteiger partial charge in [-0.1, -0.05) is 48.5 Å². The van der Waals surface area contributed by atoms with Crippen LogP contribution in [0.1, 0.15) is 36.0 Å². The number of para-hydroxylation sites is 1. The molecule has 208 valence electrons. The van der Waals surface area contributed by atoms with E-state index in [2.05, 4.69) is 10.3 Å². The lowest BCUT2D eigenvalue weighted by molar-refractivity contribution is -0.128. The molecule has 4 aromatic rings. The number of halogens is 1. The maximum Gasteiger partial charge on any atom is 0.255 e. The maximum atomic E-state index is 14.8. The minimum Gasteiger partial charge on any atom is -0.324 e. The van der Waals surface area contributed by atoms with E-state index in [1.54, 1.807) is 30.3 Å². The van der Waals surface area contributed by atoms with E-state index in [9.17, 15) is 24.0 Å². The Hall–Kier alpha value is -5.36. The number of rotatable bonds is 6. The molecule has 42 heavy (non-hydrogen) atoms. The number of nitrogens with one attached hydrogen (secondary N) is 1. The van der Waals surface area contributed by atoms with Crippen molar-refractivity contribution in [2.24, 2.45) is 0 Å². The molecule has 0 bridgehead atoms. The van der Waals surface area contributed by atoms with Gasteiger partial charge in [-0.05, 0) is 72.9 Å². The Bertz CT molecular complexity index is 1740. The highest BCUT2D eigenvalue weighted by Gasteiger charge is 2.55. The van der Waals surface area contributed by atoms with Gasteiger partial charge in [-0.3, -0.25) is 24.2 Å². The molecule has 8 nitrogen and oxygen atoms in total. The van der Waals surface area contributed by atoms with Gasteiger partial charge in [0.05, 0.1) is 11.6 Å². The van der Waals surface area contributed by atoms with Crippen molar-refractivity contribution in [3.05, 3.63) is 120 Å². The summed E-state index contributed by atoms with van der Waals surface area (Å²) < 4.78 is 14.8. The van der Waals surface area contributed by atoms with Gasteiger partial charge in [0.15, 0.2) is 5.54 Å². The van der Waals surface area contributed by atoms with E-state index in [-0.39, 0.29) is 42.2 Å². The standard InChI is InChI=1S/C33H26FN5O3/c34-24-8-6-11-26(20-24)39(31(41)28-13-14-30(40)38(28)29-19-22(21-35)16-18-36-29)33(17-15-23-7-4-5-12-27(23)33)32(42)37-25-9-2-1-3-10-25/h1-12,16,18-20,28H,13-15,17H2,(H,37,42)/t28-,33-/m0/s1. The van der Waals surface area contributed by atoms with Crippen LogP contribution in [0.2, 0.25) is 0 Å². The van der Waals surface area contributed by atoms with Gasteiger partial charge in [-0.15, -0.1) is 0 Å². The zero-order chi connectivity index (χ0) is 29.3. The molecule has 1 saturated heterocycles. The number of amides is 3. The molecular formula is C33H26FN5O3. The Morgan fingerprint density at radius 2 is 1.79 bits per heavy atom. The van der Waals surface area contributed by atoms with Crippen LogP contribution >= 0.6 is 0 Å². The third-order valence-corrected chi connectivity index (χ3v) is 7.91. The predicted octanol–water partition coefficient (Wildman–Crippen LogP) is 5.10. The number of aromatic nitrogens is 1. The number of hydrogen-bond acceptors (Lipinski definition) is 5. The average molecular weight is 560 g/mol. The van der Waals surface area contributed by atoms with Crippen molar-refractivity contribution in [3.63, 3.8) is 0 Å². The molecule has 3 amide bonds. The number of aryl methyl sites for hydroxylation is 1. The van der Waals surface area contributed by atoms with E-state index >= 15 is 0 Å². The number of pyridine rings is 1. The van der Waals surface area contributed by atoms with Gasteiger partial charge in [0.1, 0.15) is 17.7 Å². The molecule has 0 radical (unpaired) electrons. The topological polar surface area (TPSA) is 106 Å². The molecule has 0 unspecified atom stereocenters. The first-order valence-electron chi connectivity index (χ1n) is 13.6. The van der Waals surface area contributed by atoms with E-state index < -0.39 is 29.2 Å². The summed E-state index contributed by atoms with van der Waals surface area (Å²) in [6.07, 6.45) is 2.41. The Labute approximate surface area is 242 Å². The van der Waals surface area contributed by atoms with Crippen LogP contribution in [-0.4, -0.2) is 28.7 Å². The van der Waals surface area contributed by atoms with Crippen LogP contribution in [0, 0.1) is 17.1 Å². The fourth-order valence-electron chi connectivity index (χ4n) is 6.04. The lowest BCUT2D eigenvalue weighted by Crippen LogP contribution is -2.60. The second-order valence-corrected chi connectivity index (χ2v) is 10.3. The number of fused-ring (bicyclic) bond motifs is 1. The zero-order valence-corrected chi connectivity index (χ0v) is 22.5. The minimum absolute atomic E-state index is 0.0751. The van der Waals surface area contributed by atoms with Crippen LogP contribution in [0.5, 0.6) is 0 Å². The molecule has 1 aliphatic heterocycles. The van der Waals surface area contributed by atoms with Gasteiger partial charge in [-0.25, -0.2) is 9.37 Å². The third-order valence-electron chi connectivity index (χ3n) is 7.91. The molecule has 3 aromatic carbocycles. The number of carbonyl (C=O) groups excluding carboxylic acids is 3. The maximum absolute atomic E-state index is 14.8. The summed E-state index contributed by atoms with van der Waals surface area (Å²) in [6.45, 7) is 0. The molecule has 2 atom stereocenters. The van der Waals surface area contributed by atoms with Crippen molar-refractivity contribution in [1.29, 1.82) is 5.26 Å². The third kappa shape index (κ3) is 4.57. The predicted molar refractivity (Wildman–Crippen MR) is 155 cm³/mol. The molecule has 0 saturated carbocycles. The fraction of sp³-hybridized carbons (Fsp3) is 0.182. The summed E-state index contributed by atoms with van der Waals surface area (Å²) in [5, 5.41) is 12.4. The summed E-state index contributed by atoms with van der Waals surface area (Å²) >= 11 is 0. The number of benzene rings is 3. The van der Waals surface area contributed by atoms with E-state index in [0.717, 1.165) is 5.56 Å². The second kappa shape index (κ2) is 10.9. The number of hydrogen-bond donors (Lipinski definition) is 1. The molecule has 2 heterocycles. The summed E-state index contributed by atoms with van der Waals surface area (Å²) in [4.78, 5) is 49.4. The van der Waals surface area contributed by atoms with Crippen molar-refractivity contribution >= 4 is 34.9 Å². The average Bonchev–Trinajstić information content (AvgIpc) is 3.59. The van der Waals surface area contributed by atoms with Crippen LogP contribution < -0.4 is 15.1 Å². The Balaban J connectivity index is 1.53. The molecule has 2 aliphatic rings. The molecule has 1 N–H and O–H groups in total. The van der Waals surface area contributed by atoms with Gasteiger partial charge in [0, 0.05) is 24.0 Å². The lowest BCUT2D eigenvalue weighted by atomic mass is 9.86. The monoisotopic (exact) mass is 559 g/mol. The number of carbonyl (C=O) groups is 3. The van der Waals surface area contributed by atoms with Crippen LogP contribution in [-0.2, 0) is 26.3 Å². The molecule has 1 aliphatic carbocycles. The highest BCUT2D eigenvalue weighted by atomic mass is 19.1. The normalized spacial score (nSPS) is 19.2. The largest absolute Gasteiger partial charge is 0.324 e. The first-order valence-corrected chi connectivity index (χ1v) is 13.6. The van der Waals surface area contributed by atoms with Crippen molar-refractivity contribution in [3.8, 4) is 6.07 Å². The van der Waals surface area contributed by atoms with Crippen molar-refractivity contribution in [2.45, 2.75) is 37.3 Å². The SMILES string of the molecule is N#Cc1ccnc(N2C(=O)CC[C@H]2C(=O)N(c2cccc(F)c2)[C@@]2(C(=O)Nc3ccccc3)CCc3ccccc32)c1. The van der Waals surface area contributed by atoms with Gasteiger partial charge in [0.25, 0.3) is 11.8 Å². The van der Waals surface area contributed by atoms with Crippen molar-refractivity contribution in [1.82, 2.24) is 4.98 Å². The van der Waals surface area contributed by atoms with Crippen molar-refractivity contribution in [2.75, 3.05) is 15.1 Å². The lowest BCUT2D eigenvalue weighted by Gasteiger charge is -2.42. The van der Waals surface area contributed by atoms with Crippen LogP contribution in [0.3, 0.4) is 0 Å². The quantitative estimate of drug-likeness (QED) is 0.354. The first-order chi connectivity index (χ1) is 20.4. The highest BCUT2D eigenvalue weighted by Crippen LogP contribution is 2.46. The number of nitrogens with zero attached hydrogens (tertiary/aromatic N) is 4. The molecule has 1 fully saturated rings. The molecule has 1 aromatic heterocycles. The van der Waals surface area contributed by atoms with Crippen LogP contribution in [0.15, 0.2) is 97.2 Å². The van der Waals surface area contributed by atoms with Crippen LogP contribution in [0.4, 0.5) is 21.6 Å². The summed E-state index contributed by atoms with van der Waals surface area (Å²) in [5.74, 6) is -1.72. The van der Waals surface area contributed by atoms with Gasteiger partial charge < -0.3 is 5.32 Å². The first kappa shape index (κ1) is 26.8. The van der Waals surface area contributed by atoms with E-state index in [4.69, 9.17) is 0 Å². The van der Waals surface area contributed by atoms with Gasteiger partial charge >= 0.3 is 0 Å².